The third-order valence-electron chi connectivity index (χ3n) is 7.91. The van der Waals surface area contributed by atoms with E-state index in [9.17, 15) is 10.2 Å². The maximum Gasteiger partial charge on any atom is 0.194 e. The van der Waals surface area contributed by atoms with Crippen LogP contribution in [0.25, 0.3) is 11.1 Å². The van der Waals surface area contributed by atoms with Crippen molar-refractivity contribution >= 4 is 34.1 Å². The van der Waals surface area contributed by atoms with E-state index in [1.54, 1.807) is 13.8 Å². The van der Waals surface area contributed by atoms with Crippen LogP contribution < -0.4 is 19.3 Å². The van der Waals surface area contributed by atoms with Crippen LogP contribution in [0.1, 0.15) is 25.0 Å². The molecule has 0 amide bonds. The van der Waals surface area contributed by atoms with E-state index in [1.165, 1.54) is 11.1 Å². The Hall–Kier alpha value is -5.56. The second kappa shape index (κ2) is 14.5. The molecule has 2 N–H and O–H groups in total. The third-order valence-corrected chi connectivity index (χ3v) is 7.91. The number of benzene rings is 6. The lowest BCUT2D eigenvalue weighted by Gasteiger charge is -2.27. The molecule has 0 radical (unpaired) electrons. The Bertz CT molecular complexity index is 1790. The molecule has 2 unspecified atom stereocenters. The van der Waals surface area contributed by atoms with Gasteiger partial charge in [0.25, 0.3) is 0 Å². The first-order chi connectivity index (χ1) is 23.2. The molecule has 6 aromatic carbocycles. The van der Waals surface area contributed by atoms with Crippen LogP contribution in [0.5, 0.6) is 11.5 Å². The van der Waals surface area contributed by atoms with Crippen molar-refractivity contribution in [2.24, 2.45) is 0 Å². The van der Waals surface area contributed by atoms with Crippen LogP contribution >= 0.6 is 0 Å². The Morgan fingerprint density at radius 3 is 1.02 bits per heavy atom. The van der Waals surface area contributed by atoms with E-state index in [-0.39, 0.29) is 0 Å². The van der Waals surface area contributed by atoms with Crippen LogP contribution in [0, 0.1) is 13.8 Å². The van der Waals surface area contributed by atoms with Gasteiger partial charge in [-0.05, 0) is 147 Å². The van der Waals surface area contributed by atoms with E-state index in [4.69, 9.17) is 9.47 Å². The van der Waals surface area contributed by atoms with Crippen molar-refractivity contribution in [3.8, 4) is 22.6 Å². The topological polar surface area (TPSA) is 65.4 Å². The van der Waals surface area contributed by atoms with Crippen molar-refractivity contribution in [2.75, 3.05) is 9.80 Å². The van der Waals surface area contributed by atoms with Crippen molar-refractivity contribution in [3.63, 3.8) is 0 Å². The monoisotopic (exact) mass is 636 g/mol. The Morgan fingerprint density at radius 2 is 0.729 bits per heavy atom. The fourth-order valence-electron chi connectivity index (χ4n) is 5.78. The van der Waals surface area contributed by atoms with E-state index in [0.29, 0.717) is 11.5 Å². The van der Waals surface area contributed by atoms with Crippen LogP contribution in [0.15, 0.2) is 146 Å². The number of hydrogen-bond acceptors (Lipinski definition) is 6. The summed E-state index contributed by atoms with van der Waals surface area (Å²) in [7, 11) is 0. The second-order valence-corrected chi connectivity index (χ2v) is 11.9. The zero-order valence-electron chi connectivity index (χ0n) is 27.6. The molecule has 0 aliphatic carbocycles. The summed E-state index contributed by atoms with van der Waals surface area (Å²) in [5, 5.41) is 19.3. The number of ether oxygens (including phenoxy) is 2. The summed E-state index contributed by atoms with van der Waals surface area (Å²) in [6, 6.07) is 49.5. The van der Waals surface area contributed by atoms with Gasteiger partial charge in [-0.3, -0.25) is 0 Å². The number of anilines is 6. The Kier molecular flexibility index (Phi) is 9.76. The molecular weight excluding hydrogens is 596 g/mol. The van der Waals surface area contributed by atoms with Gasteiger partial charge >= 0.3 is 0 Å². The summed E-state index contributed by atoms with van der Waals surface area (Å²) in [6.07, 6.45) is -1.75. The standard InChI is InChI=1S/C42H40N2O4/c1-29-7-5-9-39(27-29)43(37-19-23-41(24-20-37)47-31(3)45)35-15-11-33(12-16-35)34-13-17-36(18-14-34)44(40-10-6-8-30(2)28-40)38-21-25-42(26-22-38)48-32(4)46/h5-28,31-32,45-46H,1-4H3. The highest BCUT2D eigenvalue weighted by Crippen LogP contribution is 2.39. The van der Waals surface area contributed by atoms with E-state index in [2.05, 4.69) is 121 Å². The van der Waals surface area contributed by atoms with Gasteiger partial charge in [-0.25, -0.2) is 0 Å². The van der Waals surface area contributed by atoms with Gasteiger partial charge in [-0.15, -0.1) is 0 Å². The van der Waals surface area contributed by atoms with Gasteiger partial charge in [0.1, 0.15) is 11.5 Å². The zero-order chi connectivity index (χ0) is 33.6. The number of aryl methyl sites for hydroxylation is 2. The van der Waals surface area contributed by atoms with Crippen LogP contribution in [0.2, 0.25) is 0 Å². The van der Waals surface area contributed by atoms with E-state index >= 15 is 0 Å². The molecule has 0 aromatic heterocycles. The summed E-state index contributed by atoms with van der Waals surface area (Å²) in [6.45, 7) is 7.37. The number of nitrogens with zero attached hydrogens (tertiary/aromatic N) is 2. The Morgan fingerprint density at radius 1 is 0.417 bits per heavy atom. The average Bonchev–Trinajstić information content (AvgIpc) is 3.07. The van der Waals surface area contributed by atoms with Gasteiger partial charge in [0.05, 0.1) is 0 Å². The molecule has 6 aromatic rings. The SMILES string of the molecule is Cc1cccc(N(c2ccc(OC(C)O)cc2)c2ccc(-c3ccc(N(c4ccc(OC(C)O)cc4)c4cccc(C)c4)cc3)cc2)c1. The fraction of sp³-hybridized carbons (Fsp3) is 0.143. The highest BCUT2D eigenvalue weighted by Gasteiger charge is 2.16. The molecule has 0 bridgehead atoms. The first kappa shape index (κ1) is 32.4. The number of hydrogen-bond donors (Lipinski definition) is 2. The van der Waals surface area contributed by atoms with Crippen LogP contribution in [-0.2, 0) is 0 Å². The van der Waals surface area contributed by atoms with Gasteiger partial charge in [0.2, 0.25) is 0 Å². The van der Waals surface area contributed by atoms with Gasteiger partial charge in [0.15, 0.2) is 12.6 Å². The molecule has 48 heavy (non-hydrogen) atoms. The van der Waals surface area contributed by atoms with Crippen molar-refractivity contribution in [1.29, 1.82) is 0 Å². The minimum Gasteiger partial charge on any atom is -0.465 e. The van der Waals surface area contributed by atoms with Crippen molar-refractivity contribution < 1.29 is 19.7 Å². The number of rotatable bonds is 11. The first-order valence-electron chi connectivity index (χ1n) is 16.1. The summed E-state index contributed by atoms with van der Waals surface area (Å²) >= 11 is 0. The Balaban J connectivity index is 1.30. The largest absolute Gasteiger partial charge is 0.465 e. The Labute approximate surface area is 282 Å². The molecule has 0 saturated carbocycles. The molecule has 6 heteroatoms. The summed E-state index contributed by atoms with van der Waals surface area (Å²) in [4.78, 5) is 4.42. The minimum atomic E-state index is -0.876. The highest BCUT2D eigenvalue weighted by molar-refractivity contribution is 5.81. The molecule has 6 nitrogen and oxygen atoms in total. The molecule has 0 aliphatic heterocycles. The van der Waals surface area contributed by atoms with Crippen molar-refractivity contribution in [1.82, 2.24) is 0 Å². The van der Waals surface area contributed by atoms with Crippen LogP contribution in [-0.4, -0.2) is 22.8 Å². The lowest BCUT2D eigenvalue weighted by molar-refractivity contribution is -0.000869. The quantitative estimate of drug-likeness (QED) is 0.138. The predicted molar refractivity (Wildman–Crippen MR) is 195 cm³/mol. The predicted octanol–water partition coefficient (Wildman–Crippen LogP) is 10.3. The van der Waals surface area contributed by atoms with Crippen molar-refractivity contribution in [2.45, 2.75) is 40.3 Å². The maximum absolute atomic E-state index is 9.63. The second-order valence-electron chi connectivity index (χ2n) is 11.9. The molecular formula is C42H40N2O4. The zero-order valence-corrected chi connectivity index (χ0v) is 27.6. The average molecular weight is 637 g/mol. The smallest absolute Gasteiger partial charge is 0.194 e. The molecule has 6 rings (SSSR count). The molecule has 0 fully saturated rings. The van der Waals surface area contributed by atoms with Gasteiger partial charge in [-0.2, -0.15) is 0 Å². The van der Waals surface area contributed by atoms with Crippen molar-refractivity contribution in [3.05, 3.63) is 157 Å². The summed E-state index contributed by atoms with van der Waals surface area (Å²) < 4.78 is 10.9. The van der Waals surface area contributed by atoms with Crippen LogP contribution in [0.4, 0.5) is 34.1 Å². The lowest BCUT2D eigenvalue weighted by Crippen LogP contribution is -2.11. The van der Waals surface area contributed by atoms with E-state index in [1.807, 2.05) is 48.5 Å². The fourth-order valence-corrected chi connectivity index (χ4v) is 5.78. The van der Waals surface area contributed by atoms with Gasteiger partial charge < -0.3 is 29.5 Å². The number of aliphatic hydroxyl groups is 2. The molecule has 0 heterocycles. The summed E-state index contributed by atoms with van der Waals surface area (Å²) in [5.41, 5.74) is 10.7. The lowest BCUT2D eigenvalue weighted by atomic mass is 10.0. The van der Waals surface area contributed by atoms with Gasteiger partial charge in [-0.1, -0.05) is 48.5 Å². The van der Waals surface area contributed by atoms with Crippen LogP contribution in [0.3, 0.4) is 0 Å². The van der Waals surface area contributed by atoms with E-state index < -0.39 is 12.6 Å². The molecule has 2 atom stereocenters. The molecule has 242 valence electrons. The first-order valence-corrected chi connectivity index (χ1v) is 16.1. The van der Waals surface area contributed by atoms with E-state index in [0.717, 1.165) is 45.3 Å². The molecule has 0 spiro atoms. The van der Waals surface area contributed by atoms with Gasteiger partial charge in [0, 0.05) is 34.1 Å². The minimum absolute atomic E-state index is 0.611. The molecule has 0 aliphatic rings. The highest BCUT2D eigenvalue weighted by atomic mass is 16.6. The third kappa shape index (κ3) is 7.69. The maximum atomic E-state index is 9.63. The number of aliphatic hydroxyl groups excluding tert-OH is 2. The summed E-state index contributed by atoms with van der Waals surface area (Å²) in [5.74, 6) is 1.22. The molecule has 0 saturated heterocycles. The normalized spacial score (nSPS) is 12.2.